The summed E-state index contributed by atoms with van der Waals surface area (Å²) in [6, 6.07) is 22.7. The van der Waals surface area contributed by atoms with Crippen molar-refractivity contribution in [2.24, 2.45) is 0 Å². The lowest BCUT2D eigenvalue weighted by molar-refractivity contribution is 0.249. The van der Waals surface area contributed by atoms with Gasteiger partial charge in [0.2, 0.25) is 0 Å². The van der Waals surface area contributed by atoms with Gasteiger partial charge in [0.1, 0.15) is 17.3 Å². The molecule has 1 fully saturated rings. The number of rotatable bonds is 7. The minimum Gasteiger partial charge on any atom is -0.453 e. The molecule has 1 aliphatic rings. The molecule has 0 saturated carbocycles. The number of aromatic nitrogens is 5. The van der Waals surface area contributed by atoms with Crippen molar-refractivity contribution in [3.05, 3.63) is 108 Å². The smallest absolute Gasteiger partial charge is 0.251 e. The second-order valence-electron chi connectivity index (χ2n) is 9.83. The lowest BCUT2D eigenvalue weighted by atomic mass is 10.1. The molecule has 40 heavy (non-hydrogen) atoms. The molecule has 0 N–H and O–H groups in total. The summed E-state index contributed by atoms with van der Waals surface area (Å²) in [6.45, 7) is 8.07. The van der Waals surface area contributed by atoms with Crippen LogP contribution in [-0.4, -0.2) is 55.8 Å². The third kappa shape index (κ3) is 5.41. The third-order valence-electron chi connectivity index (χ3n) is 7.10. The topological polar surface area (TPSA) is 72.2 Å². The third-order valence-corrected chi connectivity index (χ3v) is 7.10. The second kappa shape index (κ2) is 11.2. The number of nitrogens with zero attached hydrogens (tertiary/aromatic N) is 7. The van der Waals surface area contributed by atoms with Crippen molar-refractivity contribution in [3.8, 4) is 28.8 Å². The molecular weight excluding hydrogens is 505 g/mol. The fourth-order valence-electron chi connectivity index (χ4n) is 4.97. The summed E-state index contributed by atoms with van der Waals surface area (Å²) in [5, 5.41) is 4.65. The quantitative estimate of drug-likeness (QED) is 0.269. The molecule has 0 radical (unpaired) electrons. The zero-order valence-electron chi connectivity index (χ0n) is 22.5. The van der Waals surface area contributed by atoms with E-state index in [-0.39, 0.29) is 5.82 Å². The number of para-hydroxylation sites is 1. The molecule has 9 heteroatoms. The zero-order valence-corrected chi connectivity index (χ0v) is 22.5. The number of aryl methyl sites for hydroxylation is 1. The normalized spacial score (nSPS) is 13.9. The highest BCUT2D eigenvalue weighted by molar-refractivity contribution is 5.54. The Morgan fingerprint density at radius 1 is 0.800 bits per heavy atom. The summed E-state index contributed by atoms with van der Waals surface area (Å²) in [5.74, 6) is 1.73. The number of halogens is 1. The van der Waals surface area contributed by atoms with Gasteiger partial charge < -0.3 is 9.64 Å². The second-order valence-corrected chi connectivity index (χ2v) is 9.83. The van der Waals surface area contributed by atoms with E-state index in [2.05, 4.69) is 42.0 Å². The predicted molar refractivity (Wildman–Crippen MR) is 152 cm³/mol. The van der Waals surface area contributed by atoms with E-state index >= 15 is 0 Å². The molecule has 0 bridgehead atoms. The molecule has 0 spiro atoms. The van der Waals surface area contributed by atoms with E-state index in [1.54, 1.807) is 23.1 Å². The Balaban J connectivity index is 1.10. The predicted octanol–water partition coefficient (Wildman–Crippen LogP) is 5.59. The fraction of sp³-hybridized carbons (Fsp3) is 0.226. The van der Waals surface area contributed by atoms with Crippen molar-refractivity contribution in [2.45, 2.75) is 20.4 Å². The maximum atomic E-state index is 14.1. The summed E-state index contributed by atoms with van der Waals surface area (Å²) in [6.07, 6.45) is 3.45. The van der Waals surface area contributed by atoms with Gasteiger partial charge in [-0.05, 0) is 61.9 Å². The van der Waals surface area contributed by atoms with Crippen LogP contribution in [0.4, 0.5) is 10.1 Å². The molecule has 6 rings (SSSR count). The van der Waals surface area contributed by atoms with Gasteiger partial charge in [-0.3, -0.25) is 9.88 Å². The molecule has 0 unspecified atom stereocenters. The minimum atomic E-state index is -0.159. The molecule has 3 aromatic heterocycles. The van der Waals surface area contributed by atoms with Gasteiger partial charge in [0, 0.05) is 45.1 Å². The molecule has 202 valence electrons. The highest BCUT2D eigenvalue weighted by Crippen LogP contribution is 2.30. The Hall–Kier alpha value is -4.63. The van der Waals surface area contributed by atoms with Crippen molar-refractivity contribution >= 4 is 5.69 Å². The number of hydrogen-bond acceptors (Lipinski definition) is 7. The Labute approximate surface area is 232 Å². The van der Waals surface area contributed by atoms with Crippen molar-refractivity contribution in [1.82, 2.24) is 29.6 Å². The van der Waals surface area contributed by atoms with Crippen LogP contribution in [0.2, 0.25) is 0 Å². The summed E-state index contributed by atoms with van der Waals surface area (Å²) in [7, 11) is 0. The lowest BCUT2D eigenvalue weighted by Gasteiger charge is -2.36. The van der Waals surface area contributed by atoms with E-state index in [1.807, 2.05) is 62.4 Å². The van der Waals surface area contributed by atoms with E-state index in [1.165, 1.54) is 11.6 Å². The molecule has 0 aliphatic carbocycles. The van der Waals surface area contributed by atoms with Crippen LogP contribution in [0.5, 0.6) is 11.5 Å². The van der Waals surface area contributed by atoms with E-state index < -0.39 is 0 Å². The van der Waals surface area contributed by atoms with Crippen molar-refractivity contribution in [1.29, 1.82) is 0 Å². The molecular formula is C31H30FN7O. The number of pyridine rings is 1. The van der Waals surface area contributed by atoms with Gasteiger partial charge >= 0.3 is 0 Å². The van der Waals surface area contributed by atoms with Crippen LogP contribution in [-0.2, 0) is 6.54 Å². The average Bonchev–Trinajstić information content (AvgIpc) is 3.28. The first-order valence-electron chi connectivity index (χ1n) is 13.3. The maximum Gasteiger partial charge on any atom is 0.251 e. The van der Waals surface area contributed by atoms with Crippen LogP contribution in [0.3, 0.4) is 0 Å². The number of piperazine rings is 1. The summed E-state index contributed by atoms with van der Waals surface area (Å²) in [4.78, 5) is 18.0. The Bertz CT molecular complexity index is 1600. The van der Waals surface area contributed by atoms with Gasteiger partial charge in [-0.25, -0.2) is 14.4 Å². The largest absolute Gasteiger partial charge is 0.453 e. The van der Waals surface area contributed by atoms with E-state index in [4.69, 9.17) is 4.74 Å². The van der Waals surface area contributed by atoms with Gasteiger partial charge in [-0.15, -0.1) is 0 Å². The first kappa shape index (κ1) is 25.6. The van der Waals surface area contributed by atoms with Crippen LogP contribution in [0, 0.1) is 19.7 Å². The molecule has 2 aromatic carbocycles. The first-order valence-corrected chi connectivity index (χ1v) is 13.3. The van der Waals surface area contributed by atoms with Crippen molar-refractivity contribution in [2.75, 3.05) is 31.1 Å². The summed E-state index contributed by atoms with van der Waals surface area (Å²) < 4.78 is 22.1. The van der Waals surface area contributed by atoms with Crippen molar-refractivity contribution < 1.29 is 9.13 Å². The van der Waals surface area contributed by atoms with E-state index in [0.29, 0.717) is 17.4 Å². The van der Waals surface area contributed by atoms with Crippen LogP contribution < -0.4 is 9.64 Å². The van der Waals surface area contributed by atoms with E-state index in [0.717, 1.165) is 61.2 Å². The number of anilines is 1. The first-order chi connectivity index (χ1) is 19.5. The average molecular weight is 536 g/mol. The van der Waals surface area contributed by atoms with Crippen molar-refractivity contribution in [3.63, 3.8) is 0 Å². The Morgan fingerprint density at radius 3 is 2.33 bits per heavy atom. The maximum absolute atomic E-state index is 14.1. The standard InChI is InChI=1S/C31H30FN7O/c1-22-30(23(2)39(36-22)31-34-16-14-28(35-31)27-8-5-6-15-33-27)40-25-12-10-24(11-13-25)21-37-17-19-38(20-18-37)29-9-4-3-7-26(29)32/h3-16H,17-21H2,1-2H3. The SMILES string of the molecule is Cc1nn(-c2nccc(-c3ccccn3)n2)c(C)c1Oc1ccc(CN2CCN(c3ccccc3F)CC2)cc1. The Morgan fingerprint density at radius 2 is 1.57 bits per heavy atom. The van der Waals surface area contributed by atoms with Crippen LogP contribution >= 0.6 is 0 Å². The number of hydrogen-bond donors (Lipinski definition) is 0. The Kier molecular flexibility index (Phi) is 7.20. The number of benzene rings is 2. The number of ether oxygens (including phenoxy) is 1. The van der Waals surface area contributed by atoms with Crippen LogP contribution in [0.25, 0.3) is 17.3 Å². The molecule has 0 amide bonds. The van der Waals surface area contributed by atoms with Gasteiger partial charge in [0.15, 0.2) is 5.75 Å². The monoisotopic (exact) mass is 535 g/mol. The van der Waals surface area contributed by atoms with E-state index in [9.17, 15) is 4.39 Å². The molecule has 5 aromatic rings. The molecule has 4 heterocycles. The van der Waals surface area contributed by atoms with Gasteiger partial charge in [-0.1, -0.05) is 30.3 Å². The van der Waals surface area contributed by atoms with Crippen LogP contribution in [0.15, 0.2) is 85.2 Å². The van der Waals surface area contributed by atoms with Gasteiger partial charge in [-0.2, -0.15) is 9.78 Å². The highest BCUT2D eigenvalue weighted by Gasteiger charge is 2.20. The zero-order chi connectivity index (χ0) is 27.5. The fourth-order valence-corrected chi connectivity index (χ4v) is 4.97. The minimum absolute atomic E-state index is 0.159. The van der Waals surface area contributed by atoms with Gasteiger partial charge in [0.05, 0.1) is 22.8 Å². The van der Waals surface area contributed by atoms with Crippen LogP contribution in [0.1, 0.15) is 17.0 Å². The molecule has 1 aliphatic heterocycles. The van der Waals surface area contributed by atoms with Gasteiger partial charge in [0.25, 0.3) is 5.95 Å². The molecule has 0 atom stereocenters. The molecule has 8 nitrogen and oxygen atoms in total. The summed E-state index contributed by atoms with van der Waals surface area (Å²) >= 11 is 0. The highest BCUT2D eigenvalue weighted by atomic mass is 19.1. The molecule has 1 saturated heterocycles. The summed E-state index contributed by atoms with van der Waals surface area (Å²) in [5.41, 5.74) is 4.95. The lowest BCUT2D eigenvalue weighted by Crippen LogP contribution is -2.46.